The highest BCUT2D eigenvalue weighted by Crippen LogP contribution is 2.29. The molecule has 1 aromatic carbocycles. The van der Waals surface area contributed by atoms with Crippen molar-refractivity contribution in [2.45, 2.75) is 27.3 Å². The number of nitro groups is 1. The fourth-order valence-corrected chi connectivity index (χ4v) is 2.09. The SMILES string of the molecule is CCOc1ccc(NCc2c(C)n[nH]c2C)c([N+](=O)[O-])c1. The zero-order chi connectivity index (χ0) is 15.4. The van der Waals surface area contributed by atoms with Gasteiger partial charge in [0.15, 0.2) is 0 Å². The molecule has 112 valence electrons. The summed E-state index contributed by atoms with van der Waals surface area (Å²) >= 11 is 0. The van der Waals surface area contributed by atoms with Gasteiger partial charge in [-0.1, -0.05) is 0 Å². The quantitative estimate of drug-likeness (QED) is 0.630. The van der Waals surface area contributed by atoms with E-state index in [1.165, 1.54) is 6.07 Å². The van der Waals surface area contributed by atoms with Crippen molar-refractivity contribution in [1.82, 2.24) is 10.2 Å². The van der Waals surface area contributed by atoms with E-state index in [1.54, 1.807) is 12.1 Å². The first kappa shape index (κ1) is 14.8. The summed E-state index contributed by atoms with van der Waals surface area (Å²) in [6.45, 7) is 6.60. The molecule has 7 heteroatoms. The second-order valence-electron chi connectivity index (χ2n) is 4.64. The third kappa shape index (κ3) is 3.31. The van der Waals surface area contributed by atoms with E-state index < -0.39 is 4.92 Å². The van der Waals surface area contributed by atoms with Crippen molar-refractivity contribution in [2.75, 3.05) is 11.9 Å². The van der Waals surface area contributed by atoms with Crippen LogP contribution in [-0.2, 0) is 6.54 Å². The molecular weight excluding hydrogens is 272 g/mol. The molecule has 0 atom stereocenters. The standard InChI is InChI=1S/C14H18N4O3/c1-4-21-11-5-6-13(14(7-11)18(19)20)15-8-12-9(2)16-17-10(12)3/h5-7,15H,4,8H2,1-3H3,(H,16,17). The van der Waals surface area contributed by atoms with Crippen LogP contribution in [0.1, 0.15) is 23.9 Å². The molecule has 2 N–H and O–H groups in total. The van der Waals surface area contributed by atoms with Gasteiger partial charge < -0.3 is 10.1 Å². The third-order valence-corrected chi connectivity index (χ3v) is 3.21. The summed E-state index contributed by atoms with van der Waals surface area (Å²) in [5.74, 6) is 0.491. The van der Waals surface area contributed by atoms with Crippen molar-refractivity contribution in [3.63, 3.8) is 0 Å². The predicted octanol–water partition coefficient (Wildman–Crippen LogP) is 2.95. The summed E-state index contributed by atoms with van der Waals surface area (Å²) in [5, 5.41) is 21.3. The molecule has 0 spiro atoms. The minimum Gasteiger partial charge on any atom is -0.494 e. The highest BCUT2D eigenvalue weighted by Gasteiger charge is 2.16. The van der Waals surface area contributed by atoms with Crippen LogP contribution >= 0.6 is 0 Å². The number of benzene rings is 1. The van der Waals surface area contributed by atoms with Gasteiger partial charge in [0.2, 0.25) is 0 Å². The van der Waals surface area contributed by atoms with Crippen molar-refractivity contribution < 1.29 is 9.66 Å². The van der Waals surface area contributed by atoms with Gasteiger partial charge in [-0.2, -0.15) is 5.10 Å². The molecule has 0 radical (unpaired) electrons. The second-order valence-corrected chi connectivity index (χ2v) is 4.64. The van der Waals surface area contributed by atoms with Gasteiger partial charge in [0.1, 0.15) is 11.4 Å². The van der Waals surface area contributed by atoms with Gasteiger partial charge in [-0.3, -0.25) is 15.2 Å². The monoisotopic (exact) mass is 290 g/mol. The van der Waals surface area contributed by atoms with Crippen LogP contribution in [0.25, 0.3) is 0 Å². The predicted molar refractivity (Wildman–Crippen MR) is 79.7 cm³/mol. The molecule has 2 aromatic rings. The van der Waals surface area contributed by atoms with Gasteiger partial charge in [-0.05, 0) is 32.9 Å². The molecule has 2 rings (SSSR count). The van der Waals surface area contributed by atoms with Crippen molar-refractivity contribution in [3.8, 4) is 5.75 Å². The van der Waals surface area contributed by atoms with E-state index in [0.29, 0.717) is 24.6 Å². The first-order valence-corrected chi connectivity index (χ1v) is 6.68. The highest BCUT2D eigenvalue weighted by atomic mass is 16.6. The topological polar surface area (TPSA) is 93.1 Å². The number of anilines is 1. The number of aryl methyl sites for hydroxylation is 2. The maximum Gasteiger partial charge on any atom is 0.296 e. The van der Waals surface area contributed by atoms with E-state index in [9.17, 15) is 10.1 Å². The molecular formula is C14H18N4O3. The molecule has 0 amide bonds. The molecule has 1 heterocycles. The number of nitrogens with zero attached hydrogens (tertiary/aromatic N) is 2. The summed E-state index contributed by atoms with van der Waals surface area (Å²) in [7, 11) is 0. The van der Waals surface area contributed by atoms with E-state index in [1.807, 2.05) is 20.8 Å². The first-order valence-electron chi connectivity index (χ1n) is 6.68. The van der Waals surface area contributed by atoms with E-state index >= 15 is 0 Å². The van der Waals surface area contributed by atoms with Gasteiger partial charge in [-0.25, -0.2) is 0 Å². The number of aromatic amines is 1. The number of ether oxygens (including phenoxy) is 1. The molecule has 1 aromatic heterocycles. The Balaban J connectivity index is 2.21. The molecule has 0 saturated heterocycles. The number of rotatable bonds is 6. The van der Waals surface area contributed by atoms with Crippen molar-refractivity contribution in [3.05, 3.63) is 45.3 Å². The van der Waals surface area contributed by atoms with Crippen LogP contribution in [0.15, 0.2) is 18.2 Å². The largest absolute Gasteiger partial charge is 0.494 e. The van der Waals surface area contributed by atoms with E-state index in [4.69, 9.17) is 4.74 Å². The lowest BCUT2D eigenvalue weighted by Gasteiger charge is -2.09. The molecule has 0 aliphatic rings. The van der Waals surface area contributed by atoms with Crippen LogP contribution < -0.4 is 10.1 Å². The lowest BCUT2D eigenvalue weighted by Crippen LogP contribution is -2.04. The van der Waals surface area contributed by atoms with Gasteiger partial charge in [0.05, 0.1) is 23.3 Å². The Morgan fingerprint density at radius 1 is 1.43 bits per heavy atom. The van der Waals surface area contributed by atoms with Gasteiger partial charge in [0, 0.05) is 17.8 Å². The number of H-pyrrole nitrogens is 1. The number of hydrogen-bond acceptors (Lipinski definition) is 5. The highest BCUT2D eigenvalue weighted by molar-refractivity contribution is 5.64. The van der Waals surface area contributed by atoms with Gasteiger partial charge in [-0.15, -0.1) is 0 Å². The van der Waals surface area contributed by atoms with Gasteiger partial charge in [0.25, 0.3) is 5.69 Å². The fraction of sp³-hybridized carbons (Fsp3) is 0.357. The Morgan fingerprint density at radius 3 is 2.76 bits per heavy atom. The lowest BCUT2D eigenvalue weighted by atomic mass is 10.2. The lowest BCUT2D eigenvalue weighted by molar-refractivity contribution is -0.384. The Bertz CT molecular complexity index is 632. The Labute approximate surface area is 122 Å². The maximum absolute atomic E-state index is 11.2. The third-order valence-electron chi connectivity index (χ3n) is 3.21. The maximum atomic E-state index is 11.2. The number of nitrogens with one attached hydrogen (secondary N) is 2. The number of nitro benzene ring substituents is 1. The summed E-state index contributed by atoms with van der Waals surface area (Å²) in [5.41, 5.74) is 3.31. The summed E-state index contributed by atoms with van der Waals surface area (Å²) in [4.78, 5) is 10.7. The Morgan fingerprint density at radius 2 is 2.19 bits per heavy atom. The van der Waals surface area contributed by atoms with Crippen LogP contribution in [0.2, 0.25) is 0 Å². The van der Waals surface area contributed by atoms with E-state index in [0.717, 1.165) is 17.0 Å². The molecule has 0 fully saturated rings. The summed E-state index contributed by atoms with van der Waals surface area (Å²) in [6.07, 6.45) is 0. The molecule has 0 unspecified atom stereocenters. The first-order chi connectivity index (χ1) is 10.0. The summed E-state index contributed by atoms with van der Waals surface area (Å²) < 4.78 is 5.29. The molecule has 7 nitrogen and oxygen atoms in total. The zero-order valence-electron chi connectivity index (χ0n) is 12.3. The minimum absolute atomic E-state index is 0.000231. The zero-order valence-corrected chi connectivity index (χ0v) is 12.3. The molecule has 0 aliphatic carbocycles. The van der Waals surface area contributed by atoms with Crippen molar-refractivity contribution in [1.29, 1.82) is 0 Å². The molecule has 0 saturated carbocycles. The van der Waals surface area contributed by atoms with E-state index in [-0.39, 0.29) is 5.69 Å². The number of aromatic nitrogens is 2. The molecule has 21 heavy (non-hydrogen) atoms. The average Bonchev–Trinajstić information content (AvgIpc) is 2.77. The van der Waals surface area contributed by atoms with Crippen LogP contribution in [-0.4, -0.2) is 21.7 Å². The molecule has 0 bridgehead atoms. The normalized spacial score (nSPS) is 10.4. The Hall–Kier alpha value is -2.57. The minimum atomic E-state index is -0.417. The number of hydrogen-bond donors (Lipinski definition) is 2. The smallest absolute Gasteiger partial charge is 0.296 e. The van der Waals surface area contributed by atoms with Crippen LogP contribution in [0, 0.1) is 24.0 Å². The average molecular weight is 290 g/mol. The molecule has 0 aliphatic heterocycles. The van der Waals surface area contributed by atoms with Crippen molar-refractivity contribution in [2.24, 2.45) is 0 Å². The van der Waals surface area contributed by atoms with Crippen molar-refractivity contribution >= 4 is 11.4 Å². The summed E-state index contributed by atoms with van der Waals surface area (Å²) in [6, 6.07) is 4.81. The Kier molecular flexibility index (Phi) is 4.42. The van der Waals surface area contributed by atoms with Gasteiger partial charge >= 0.3 is 0 Å². The second kappa shape index (κ2) is 6.25. The fourth-order valence-electron chi connectivity index (χ4n) is 2.09. The van der Waals surface area contributed by atoms with Crippen LogP contribution in [0.5, 0.6) is 5.75 Å². The van der Waals surface area contributed by atoms with Crippen LogP contribution in [0.4, 0.5) is 11.4 Å². The van der Waals surface area contributed by atoms with Crippen LogP contribution in [0.3, 0.4) is 0 Å². The van der Waals surface area contributed by atoms with E-state index in [2.05, 4.69) is 15.5 Å².